The zero-order chi connectivity index (χ0) is 17.7. The maximum atomic E-state index is 12.2. The van der Waals surface area contributed by atoms with Crippen molar-refractivity contribution in [1.82, 2.24) is 5.32 Å². The van der Waals surface area contributed by atoms with Gasteiger partial charge >= 0.3 is 0 Å². The van der Waals surface area contributed by atoms with E-state index in [9.17, 15) is 4.79 Å². The number of rotatable bonds is 6. The van der Waals surface area contributed by atoms with Crippen LogP contribution in [-0.4, -0.2) is 11.7 Å². The van der Waals surface area contributed by atoms with E-state index in [-0.39, 0.29) is 11.9 Å². The molecule has 24 heavy (non-hydrogen) atoms. The minimum absolute atomic E-state index is 0.00276. The lowest BCUT2D eigenvalue weighted by Crippen LogP contribution is -2.28. The number of benzene rings is 2. The highest BCUT2D eigenvalue weighted by molar-refractivity contribution is 7.99. The zero-order valence-corrected chi connectivity index (χ0v) is 16.4. The summed E-state index contributed by atoms with van der Waals surface area (Å²) in [6, 6.07) is 11.9. The van der Waals surface area contributed by atoms with E-state index in [0.717, 1.165) is 16.9 Å². The number of aryl methyl sites for hydroxylation is 2. The fourth-order valence-corrected chi connectivity index (χ4v) is 3.59. The first-order valence-corrected chi connectivity index (χ1v) is 9.66. The Morgan fingerprint density at radius 3 is 2.58 bits per heavy atom. The fourth-order valence-electron chi connectivity index (χ4n) is 2.48. The van der Waals surface area contributed by atoms with E-state index < -0.39 is 0 Å². The molecule has 1 N–H and O–H groups in total. The summed E-state index contributed by atoms with van der Waals surface area (Å²) in [5, 5.41) is 4.16. The van der Waals surface area contributed by atoms with Crippen molar-refractivity contribution in [2.75, 3.05) is 5.75 Å². The molecule has 0 fully saturated rings. The van der Waals surface area contributed by atoms with Gasteiger partial charge < -0.3 is 5.32 Å². The Bertz CT molecular complexity index is 733. The third-order valence-corrected chi connectivity index (χ3v) is 5.51. The summed E-state index contributed by atoms with van der Waals surface area (Å²) in [6.45, 7) is 6.14. The van der Waals surface area contributed by atoms with Gasteiger partial charge in [0, 0.05) is 5.75 Å². The molecule has 0 aliphatic carbocycles. The van der Waals surface area contributed by atoms with Crippen molar-refractivity contribution >= 4 is 40.9 Å². The van der Waals surface area contributed by atoms with Gasteiger partial charge in [0.15, 0.2) is 0 Å². The summed E-state index contributed by atoms with van der Waals surface area (Å²) in [5.41, 5.74) is 4.62. The molecule has 1 amide bonds. The van der Waals surface area contributed by atoms with Gasteiger partial charge in [0.1, 0.15) is 0 Å². The molecular formula is C19H21Cl2NOS. The van der Waals surface area contributed by atoms with Crippen LogP contribution in [0.5, 0.6) is 0 Å². The molecule has 0 heterocycles. The van der Waals surface area contributed by atoms with Crippen LogP contribution in [0.1, 0.15) is 35.2 Å². The van der Waals surface area contributed by atoms with Gasteiger partial charge in [0.25, 0.3) is 0 Å². The van der Waals surface area contributed by atoms with Crippen LogP contribution in [0.2, 0.25) is 10.0 Å². The summed E-state index contributed by atoms with van der Waals surface area (Å²) >= 11 is 13.5. The monoisotopic (exact) mass is 381 g/mol. The second kappa shape index (κ2) is 8.80. The molecule has 2 rings (SSSR count). The highest BCUT2D eigenvalue weighted by Gasteiger charge is 2.12. The second-order valence-electron chi connectivity index (χ2n) is 5.89. The molecule has 128 valence electrons. The predicted octanol–water partition coefficient (Wildman–Crippen LogP) is 5.72. The van der Waals surface area contributed by atoms with Crippen molar-refractivity contribution < 1.29 is 4.79 Å². The Morgan fingerprint density at radius 2 is 1.88 bits per heavy atom. The summed E-state index contributed by atoms with van der Waals surface area (Å²) in [6.07, 6.45) is 0. The van der Waals surface area contributed by atoms with Crippen molar-refractivity contribution in [2.24, 2.45) is 0 Å². The van der Waals surface area contributed by atoms with Crippen LogP contribution in [-0.2, 0) is 10.5 Å². The van der Waals surface area contributed by atoms with E-state index in [2.05, 4.69) is 37.4 Å². The van der Waals surface area contributed by atoms with Crippen molar-refractivity contribution in [3.05, 3.63) is 68.7 Å². The SMILES string of the molecule is Cc1ccc(C)c([C@H](C)NC(=O)CSCc2ccc(Cl)c(Cl)c2)c1. The lowest BCUT2D eigenvalue weighted by Gasteiger charge is -2.17. The number of nitrogens with one attached hydrogen (secondary N) is 1. The Kier molecular flexibility index (Phi) is 7.02. The number of carbonyl (C=O) groups excluding carboxylic acids is 1. The van der Waals surface area contributed by atoms with E-state index in [1.807, 2.05) is 19.1 Å². The van der Waals surface area contributed by atoms with E-state index >= 15 is 0 Å². The van der Waals surface area contributed by atoms with Crippen LogP contribution < -0.4 is 5.32 Å². The van der Waals surface area contributed by atoms with Gasteiger partial charge in [-0.05, 0) is 49.6 Å². The van der Waals surface area contributed by atoms with Gasteiger partial charge in [0.2, 0.25) is 5.91 Å². The van der Waals surface area contributed by atoms with Gasteiger partial charge in [-0.2, -0.15) is 0 Å². The van der Waals surface area contributed by atoms with Crippen molar-refractivity contribution in [2.45, 2.75) is 32.6 Å². The smallest absolute Gasteiger partial charge is 0.230 e. The van der Waals surface area contributed by atoms with Gasteiger partial charge in [-0.25, -0.2) is 0 Å². The van der Waals surface area contributed by atoms with Crippen LogP contribution in [0.25, 0.3) is 0 Å². The Morgan fingerprint density at radius 1 is 1.12 bits per heavy atom. The van der Waals surface area contributed by atoms with Crippen molar-refractivity contribution in [3.8, 4) is 0 Å². The molecule has 0 bridgehead atoms. The maximum Gasteiger partial charge on any atom is 0.230 e. The average molecular weight is 382 g/mol. The molecule has 2 aromatic rings. The molecule has 5 heteroatoms. The first-order chi connectivity index (χ1) is 11.4. The molecule has 0 unspecified atom stereocenters. The minimum atomic E-state index is 0.00276. The quantitative estimate of drug-likeness (QED) is 0.692. The maximum absolute atomic E-state index is 12.2. The Balaban J connectivity index is 1.84. The van der Waals surface area contributed by atoms with Gasteiger partial charge in [-0.15, -0.1) is 11.8 Å². The Hall–Kier alpha value is -1.16. The third kappa shape index (κ3) is 5.44. The Labute approximate surface area is 157 Å². The predicted molar refractivity (Wildman–Crippen MR) is 105 cm³/mol. The molecule has 0 saturated carbocycles. The minimum Gasteiger partial charge on any atom is -0.349 e. The average Bonchev–Trinajstić information content (AvgIpc) is 2.53. The zero-order valence-electron chi connectivity index (χ0n) is 14.0. The number of halogens is 2. The van der Waals surface area contributed by atoms with E-state index in [1.165, 1.54) is 11.1 Å². The van der Waals surface area contributed by atoms with Crippen LogP contribution in [0.15, 0.2) is 36.4 Å². The van der Waals surface area contributed by atoms with Gasteiger partial charge in [0.05, 0.1) is 21.8 Å². The summed E-state index contributed by atoms with van der Waals surface area (Å²) in [5.74, 6) is 1.17. The number of hydrogen-bond acceptors (Lipinski definition) is 2. The molecule has 0 spiro atoms. The molecule has 1 atom stereocenters. The van der Waals surface area contributed by atoms with Gasteiger partial charge in [-0.3, -0.25) is 4.79 Å². The molecule has 0 saturated heterocycles. The van der Waals surface area contributed by atoms with Gasteiger partial charge in [-0.1, -0.05) is 53.0 Å². The van der Waals surface area contributed by atoms with Crippen LogP contribution in [0.3, 0.4) is 0 Å². The summed E-state index contributed by atoms with van der Waals surface area (Å²) in [7, 11) is 0. The third-order valence-electron chi connectivity index (χ3n) is 3.76. The number of carbonyl (C=O) groups is 1. The second-order valence-corrected chi connectivity index (χ2v) is 7.69. The highest BCUT2D eigenvalue weighted by atomic mass is 35.5. The lowest BCUT2D eigenvalue weighted by atomic mass is 10.00. The molecule has 2 nitrogen and oxygen atoms in total. The molecule has 0 aliphatic heterocycles. The molecule has 0 aliphatic rings. The topological polar surface area (TPSA) is 29.1 Å². The molecule has 2 aromatic carbocycles. The van der Waals surface area contributed by atoms with E-state index in [4.69, 9.17) is 23.2 Å². The number of amides is 1. The van der Waals surface area contributed by atoms with Crippen LogP contribution in [0.4, 0.5) is 0 Å². The molecule has 0 radical (unpaired) electrons. The number of hydrogen-bond donors (Lipinski definition) is 1. The summed E-state index contributed by atoms with van der Waals surface area (Å²) in [4.78, 5) is 12.2. The first kappa shape index (κ1) is 19.2. The number of thioether (sulfide) groups is 1. The van der Waals surface area contributed by atoms with Crippen LogP contribution >= 0.6 is 35.0 Å². The van der Waals surface area contributed by atoms with Crippen molar-refractivity contribution in [3.63, 3.8) is 0 Å². The largest absolute Gasteiger partial charge is 0.349 e. The lowest BCUT2D eigenvalue weighted by molar-refractivity contribution is -0.119. The van der Waals surface area contributed by atoms with Crippen molar-refractivity contribution in [1.29, 1.82) is 0 Å². The molecular weight excluding hydrogens is 361 g/mol. The first-order valence-electron chi connectivity index (χ1n) is 7.75. The van der Waals surface area contributed by atoms with Crippen LogP contribution in [0, 0.1) is 13.8 Å². The fraction of sp³-hybridized carbons (Fsp3) is 0.316. The van der Waals surface area contributed by atoms with E-state index in [1.54, 1.807) is 17.8 Å². The standard InChI is InChI=1S/C19H21Cl2NOS/c1-12-4-5-13(2)16(8-12)14(3)22-19(23)11-24-10-15-6-7-17(20)18(21)9-15/h4-9,14H,10-11H2,1-3H3,(H,22,23)/t14-/m0/s1. The molecule has 0 aromatic heterocycles. The highest BCUT2D eigenvalue weighted by Crippen LogP contribution is 2.25. The summed E-state index contributed by atoms with van der Waals surface area (Å²) < 4.78 is 0. The normalized spacial score (nSPS) is 12.0. The van der Waals surface area contributed by atoms with E-state index in [0.29, 0.717) is 15.8 Å².